The quantitative estimate of drug-likeness (QED) is 0.450. The summed E-state index contributed by atoms with van der Waals surface area (Å²) in [7, 11) is 0. The molecular weight excluding hydrogens is 152 g/mol. The summed E-state index contributed by atoms with van der Waals surface area (Å²) in [5.74, 6) is 0.0147. The first-order valence-corrected chi connectivity index (χ1v) is 3.96. The second-order valence-corrected chi connectivity index (χ2v) is 2.95. The Balaban J connectivity index is 2.58. The van der Waals surface area contributed by atoms with Crippen molar-refractivity contribution in [1.29, 1.82) is 0 Å². The van der Waals surface area contributed by atoms with E-state index in [9.17, 15) is 10.2 Å². The molecule has 0 fully saturated rings. The lowest BCUT2D eigenvalue weighted by Crippen LogP contribution is -1.97. The van der Waals surface area contributed by atoms with Crippen molar-refractivity contribution in [2.24, 2.45) is 0 Å². The Labute approximate surface area is 70.8 Å². The van der Waals surface area contributed by atoms with Gasteiger partial charge in [-0.2, -0.15) is 0 Å². The van der Waals surface area contributed by atoms with Crippen LogP contribution in [0.3, 0.4) is 0 Å². The number of benzene rings is 1. The zero-order valence-electron chi connectivity index (χ0n) is 6.62. The number of aromatic hydroxyl groups is 2. The zero-order chi connectivity index (χ0) is 8.55. The summed E-state index contributed by atoms with van der Waals surface area (Å²) >= 11 is 0. The average Bonchev–Trinajstić information content (AvgIpc) is 2.12. The van der Waals surface area contributed by atoms with Crippen LogP contribution in [0.5, 0.6) is 11.5 Å². The zero-order valence-corrected chi connectivity index (χ0v) is 6.62. The summed E-state index contributed by atoms with van der Waals surface area (Å²) < 4.78 is 0. The molecule has 0 aliphatic heterocycles. The molecule has 2 N–H and O–H groups in total. The molecule has 1 aromatic rings. The van der Waals surface area contributed by atoms with Crippen LogP contribution in [-0.2, 0) is 12.8 Å². The van der Waals surface area contributed by atoms with Gasteiger partial charge in [0.05, 0.1) is 0 Å². The third kappa shape index (κ3) is 0.961. The third-order valence-corrected chi connectivity index (χ3v) is 2.18. The van der Waals surface area contributed by atoms with Crippen molar-refractivity contribution in [2.75, 3.05) is 0 Å². The number of fused-ring (bicyclic) bond motifs is 1. The molecule has 0 amide bonds. The second-order valence-electron chi connectivity index (χ2n) is 2.95. The minimum atomic E-state index is -0.0240. The normalized spacial score (nSPS) is 14.3. The van der Waals surface area contributed by atoms with Crippen LogP contribution in [0.2, 0.25) is 0 Å². The second kappa shape index (κ2) is 2.55. The Bertz CT molecular complexity index is 340. The molecule has 0 bridgehead atoms. The minimum absolute atomic E-state index is 0.0240. The lowest BCUT2D eigenvalue weighted by atomic mass is 9.96. The fourth-order valence-corrected chi connectivity index (χ4v) is 1.50. The first-order chi connectivity index (χ1) is 5.79. The van der Waals surface area contributed by atoms with E-state index in [1.807, 2.05) is 12.1 Å². The third-order valence-electron chi connectivity index (χ3n) is 2.18. The molecule has 1 aliphatic rings. The van der Waals surface area contributed by atoms with Crippen LogP contribution in [-0.4, -0.2) is 10.2 Å². The van der Waals surface area contributed by atoms with E-state index in [-0.39, 0.29) is 11.5 Å². The molecule has 0 aromatic heterocycles. The van der Waals surface area contributed by atoms with Crippen LogP contribution in [0.25, 0.3) is 0 Å². The van der Waals surface area contributed by atoms with Crippen molar-refractivity contribution in [3.63, 3.8) is 0 Å². The highest BCUT2D eigenvalue weighted by molar-refractivity contribution is 5.51. The van der Waals surface area contributed by atoms with Crippen LogP contribution < -0.4 is 0 Å². The highest BCUT2D eigenvalue weighted by Gasteiger charge is 2.11. The van der Waals surface area contributed by atoms with E-state index >= 15 is 0 Å². The summed E-state index contributed by atoms with van der Waals surface area (Å²) in [4.78, 5) is 0. The standard InChI is InChI=1S/C10H10O2/c11-9-6-5-7-3-1-2-4-8(7)10(9)12/h1-2,5-6,11-12H,3-4H2. The van der Waals surface area contributed by atoms with Gasteiger partial charge in [-0.15, -0.1) is 0 Å². The number of allylic oxidation sites excluding steroid dienone is 2. The molecule has 0 saturated carbocycles. The van der Waals surface area contributed by atoms with Gasteiger partial charge in [0.2, 0.25) is 0 Å². The maximum atomic E-state index is 9.46. The molecule has 0 saturated heterocycles. The molecule has 2 nitrogen and oxygen atoms in total. The molecule has 0 spiro atoms. The first-order valence-electron chi connectivity index (χ1n) is 3.96. The number of phenols is 2. The maximum absolute atomic E-state index is 9.46. The van der Waals surface area contributed by atoms with E-state index in [0.717, 1.165) is 24.0 Å². The Kier molecular flexibility index (Phi) is 1.54. The van der Waals surface area contributed by atoms with Crippen LogP contribution in [0.15, 0.2) is 24.3 Å². The van der Waals surface area contributed by atoms with Gasteiger partial charge in [0.25, 0.3) is 0 Å². The fraction of sp³-hybridized carbons (Fsp3) is 0.200. The molecule has 1 aromatic carbocycles. The summed E-state index contributed by atoms with van der Waals surface area (Å²) in [6.45, 7) is 0. The van der Waals surface area contributed by atoms with E-state index in [1.54, 1.807) is 0 Å². The van der Waals surface area contributed by atoms with Crippen molar-refractivity contribution >= 4 is 0 Å². The summed E-state index contributed by atoms with van der Waals surface area (Å²) in [6, 6.07) is 3.39. The number of phenolic OH excluding ortho intramolecular Hbond substituents is 2. The summed E-state index contributed by atoms with van der Waals surface area (Å²) in [6.07, 6.45) is 5.64. The van der Waals surface area contributed by atoms with Gasteiger partial charge in [-0.25, -0.2) is 0 Å². The lowest BCUT2D eigenvalue weighted by Gasteiger charge is -2.12. The van der Waals surface area contributed by atoms with E-state index in [4.69, 9.17) is 0 Å². The summed E-state index contributed by atoms with van der Waals surface area (Å²) in [5, 5.41) is 18.7. The predicted octanol–water partition coefficient (Wildman–Crippen LogP) is 1.75. The number of hydrogen-bond acceptors (Lipinski definition) is 2. The fourth-order valence-electron chi connectivity index (χ4n) is 1.50. The van der Waals surface area contributed by atoms with Crippen LogP contribution in [0.1, 0.15) is 11.1 Å². The number of rotatable bonds is 0. The Morgan fingerprint density at radius 3 is 2.58 bits per heavy atom. The number of hydrogen-bond donors (Lipinski definition) is 2. The molecule has 0 radical (unpaired) electrons. The van der Waals surface area contributed by atoms with Crippen molar-refractivity contribution in [3.8, 4) is 11.5 Å². The topological polar surface area (TPSA) is 40.5 Å². The van der Waals surface area contributed by atoms with E-state index in [1.165, 1.54) is 6.07 Å². The van der Waals surface area contributed by atoms with Gasteiger partial charge in [0.1, 0.15) is 0 Å². The molecule has 2 rings (SSSR count). The van der Waals surface area contributed by atoms with Gasteiger partial charge < -0.3 is 10.2 Å². The maximum Gasteiger partial charge on any atom is 0.161 e. The van der Waals surface area contributed by atoms with Gasteiger partial charge in [0, 0.05) is 5.56 Å². The molecular formula is C10H10O2. The Morgan fingerprint density at radius 2 is 1.75 bits per heavy atom. The Hall–Kier alpha value is -1.44. The largest absolute Gasteiger partial charge is 0.504 e. The molecule has 0 heterocycles. The van der Waals surface area contributed by atoms with Gasteiger partial charge >= 0.3 is 0 Å². The molecule has 2 heteroatoms. The SMILES string of the molecule is Oc1ccc2c(c1O)CC=CC2. The predicted molar refractivity (Wildman–Crippen MR) is 46.3 cm³/mol. The average molecular weight is 162 g/mol. The molecule has 12 heavy (non-hydrogen) atoms. The van der Waals surface area contributed by atoms with E-state index in [0.29, 0.717) is 0 Å². The Morgan fingerprint density at radius 1 is 1.00 bits per heavy atom. The van der Waals surface area contributed by atoms with Crippen molar-refractivity contribution < 1.29 is 10.2 Å². The first kappa shape index (κ1) is 7.22. The summed E-state index contributed by atoms with van der Waals surface area (Å²) in [5.41, 5.74) is 1.96. The van der Waals surface area contributed by atoms with Crippen molar-refractivity contribution in [2.45, 2.75) is 12.8 Å². The monoisotopic (exact) mass is 162 g/mol. The van der Waals surface area contributed by atoms with Crippen LogP contribution >= 0.6 is 0 Å². The van der Waals surface area contributed by atoms with E-state index < -0.39 is 0 Å². The molecule has 1 aliphatic carbocycles. The van der Waals surface area contributed by atoms with Gasteiger partial charge in [0.15, 0.2) is 11.5 Å². The van der Waals surface area contributed by atoms with Crippen molar-refractivity contribution in [1.82, 2.24) is 0 Å². The van der Waals surface area contributed by atoms with Gasteiger partial charge in [-0.3, -0.25) is 0 Å². The van der Waals surface area contributed by atoms with E-state index in [2.05, 4.69) is 6.08 Å². The lowest BCUT2D eigenvalue weighted by molar-refractivity contribution is 0.399. The van der Waals surface area contributed by atoms with Crippen LogP contribution in [0.4, 0.5) is 0 Å². The van der Waals surface area contributed by atoms with Gasteiger partial charge in [-0.1, -0.05) is 18.2 Å². The highest BCUT2D eigenvalue weighted by Crippen LogP contribution is 2.33. The van der Waals surface area contributed by atoms with Crippen LogP contribution in [0, 0.1) is 0 Å². The molecule has 62 valence electrons. The minimum Gasteiger partial charge on any atom is -0.504 e. The molecule has 0 atom stereocenters. The van der Waals surface area contributed by atoms with Gasteiger partial charge in [-0.05, 0) is 24.5 Å². The highest BCUT2D eigenvalue weighted by atomic mass is 16.3. The van der Waals surface area contributed by atoms with Crippen molar-refractivity contribution in [3.05, 3.63) is 35.4 Å². The molecule has 0 unspecified atom stereocenters. The smallest absolute Gasteiger partial charge is 0.161 e.